The minimum Gasteiger partial charge on any atom is -0.463 e. The molecule has 0 aliphatic carbocycles. The van der Waals surface area contributed by atoms with Crippen molar-refractivity contribution in [2.75, 3.05) is 18.5 Å². The molecule has 1 aliphatic rings. The summed E-state index contributed by atoms with van der Waals surface area (Å²) in [7, 11) is 0. The average Bonchev–Trinajstić information content (AvgIpc) is 2.80. The lowest BCUT2D eigenvalue weighted by Crippen LogP contribution is -2.48. The quantitative estimate of drug-likeness (QED) is 0.408. The number of ether oxygens (including phenoxy) is 1. The Morgan fingerprint density at radius 3 is 2.48 bits per heavy atom. The van der Waals surface area contributed by atoms with Crippen molar-refractivity contribution in [1.29, 1.82) is 0 Å². The van der Waals surface area contributed by atoms with E-state index < -0.39 is 22.8 Å². The molecule has 0 spiro atoms. The van der Waals surface area contributed by atoms with E-state index in [0.717, 1.165) is 5.56 Å². The predicted molar refractivity (Wildman–Crippen MR) is 129 cm³/mol. The van der Waals surface area contributed by atoms with E-state index in [2.05, 4.69) is 10.6 Å². The molecular formula is C24H25Cl2N3O4. The van der Waals surface area contributed by atoms with Crippen molar-refractivity contribution < 1.29 is 19.1 Å². The Kier molecular flexibility index (Phi) is 8.36. The number of anilines is 1. The molecule has 2 aromatic rings. The van der Waals surface area contributed by atoms with Crippen LogP contribution in [0.25, 0.3) is 5.70 Å². The van der Waals surface area contributed by atoms with Crippen LogP contribution in [0.2, 0.25) is 0 Å². The van der Waals surface area contributed by atoms with Crippen molar-refractivity contribution in [3.05, 3.63) is 71.3 Å². The topological polar surface area (TPSA) is 87.7 Å². The van der Waals surface area contributed by atoms with E-state index in [9.17, 15) is 14.4 Å². The zero-order valence-corrected chi connectivity index (χ0v) is 19.8. The van der Waals surface area contributed by atoms with E-state index in [0.29, 0.717) is 35.5 Å². The fourth-order valence-corrected chi connectivity index (χ4v) is 3.78. The van der Waals surface area contributed by atoms with E-state index in [4.69, 9.17) is 27.9 Å². The smallest absolute Gasteiger partial charge is 0.338 e. The first kappa shape index (κ1) is 24.6. The summed E-state index contributed by atoms with van der Waals surface area (Å²) in [5, 5.41) is 5.54. The van der Waals surface area contributed by atoms with Gasteiger partial charge in [-0.15, -0.1) is 0 Å². The molecule has 3 rings (SSSR count). The summed E-state index contributed by atoms with van der Waals surface area (Å²) >= 11 is 11.3. The van der Waals surface area contributed by atoms with Crippen LogP contribution in [0.4, 0.5) is 10.5 Å². The predicted octanol–water partition coefficient (Wildman–Crippen LogP) is 4.88. The molecule has 0 aromatic heterocycles. The largest absolute Gasteiger partial charge is 0.463 e. The van der Waals surface area contributed by atoms with Gasteiger partial charge in [-0.05, 0) is 36.6 Å². The highest BCUT2D eigenvalue weighted by molar-refractivity contribution is 6.54. The van der Waals surface area contributed by atoms with Crippen LogP contribution in [-0.2, 0) is 14.3 Å². The highest BCUT2D eigenvalue weighted by Gasteiger charge is 2.38. The second kappa shape index (κ2) is 11.2. The molecule has 0 bridgehead atoms. The molecule has 33 heavy (non-hydrogen) atoms. The number of halogens is 2. The average molecular weight is 490 g/mol. The Balaban J connectivity index is 2.18. The molecule has 174 valence electrons. The standard InChI is InChI=1S/C24H25Cl2N3O4/c1-3-13-29-20(15-9-6-5-7-10-15)18(23(31)33-4-2)19(28-24(29)32)16-11-8-12-17(14-16)27-22(30)21(25)26/h5-12,14,19,21H,3-4,13H2,1-2H3,(H,27,30)(H,28,32)/t19-/m1/s1. The highest BCUT2D eigenvalue weighted by atomic mass is 35.5. The first-order chi connectivity index (χ1) is 15.9. The summed E-state index contributed by atoms with van der Waals surface area (Å²) in [6.45, 7) is 4.29. The van der Waals surface area contributed by atoms with Crippen LogP contribution in [0.5, 0.6) is 0 Å². The maximum atomic E-state index is 13.2. The molecule has 0 radical (unpaired) electrons. The number of alkyl halides is 2. The number of esters is 1. The van der Waals surface area contributed by atoms with Crippen LogP contribution in [0.3, 0.4) is 0 Å². The van der Waals surface area contributed by atoms with Gasteiger partial charge in [0.15, 0.2) is 4.84 Å². The summed E-state index contributed by atoms with van der Waals surface area (Å²) in [6.07, 6.45) is 0.698. The van der Waals surface area contributed by atoms with Gasteiger partial charge < -0.3 is 15.4 Å². The lowest BCUT2D eigenvalue weighted by Gasteiger charge is -2.37. The van der Waals surface area contributed by atoms with E-state index in [-0.39, 0.29) is 12.6 Å². The number of rotatable bonds is 8. The number of benzene rings is 2. The molecule has 0 saturated heterocycles. The Hall–Kier alpha value is -3.03. The molecule has 2 N–H and O–H groups in total. The monoisotopic (exact) mass is 489 g/mol. The summed E-state index contributed by atoms with van der Waals surface area (Å²) in [5.41, 5.74) is 2.56. The lowest BCUT2D eigenvalue weighted by atomic mass is 9.91. The van der Waals surface area contributed by atoms with Crippen LogP contribution < -0.4 is 10.6 Å². The first-order valence-corrected chi connectivity index (χ1v) is 11.5. The molecule has 1 aliphatic heterocycles. The van der Waals surface area contributed by atoms with Crippen molar-refractivity contribution in [3.63, 3.8) is 0 Å². The van der Waals surface area contributed by atoms with Gasteiger partial charge in [0.2, 0.25) is 0 Å². The van der Waals surface area contributed by atoms with Gasteiger partial charge in [0.05, 0.1) is 23.9 Å². The lowest BCUT2D eigenvalue weighted by molar-refractivity contribution is -0.139. The van der Waals surface area contributed by atoms with Gasteiger partial charge in [-0.1, -0.05) is 72.6 Å². The molecule has 9 heteroatoms. The summed E-state index contributed by atoms with van der Waals surface area (Å²) in [6, 6.07) is 14.9. The van der Waals surface area contributed by atoms with Crippen LogP contribution in [0.1, 0.15) is 37.4 Å². The highest BCUT2D eigenvalue weighted by Crippen LogP contribution is 2.37. The first-order valence-electron chi connectivity index (χ1n) is 10.6. The second-order valence-electron chi connectivity index (χ2n) is 7.30. The number of carbonyl (C=O) groups excluding carboxylic acids is 3. The van der Waals surface area contributed by atoms with Gasteiger partial charge in [-0.25, -0.2) is 9.59 Å². The van der Waals surface area contributed by atoms with Crippen LogP contribution >= 0.6 is 23.2 Å². The van der Waals surface area contributed by atoms with Crippen molar-refractivity contribution in [3.8, 4) is 0 Å². The molecule has 7 nitrogen and oxygen atoms in total. The third-order valence-corrected chi connectivity index (χ3v) is 5.40. The fraction of sp³-hybridized carbons (Fsp3) is 0.292. The Morgan fingerprint density at radius 2 is 1.85 bits per heavy atom. The minimum atomic E-state index is -1.23. The van der Waals surface area contributed by atoms with Crippen molar-refractivity contribution >= 4 is 52.5 Å². The molecule has 0 unspecified atom stereocenters. The third-order valence-electron chi connectivity index (χ3n) is 5.00. The van der Waals surface area contributed by atoms with Crippen molar-refractivity contribution in [1.82, 2.24) is 10.2 Å². The van der Waals surface area contributed by atoms with Gasteiger partial charge in [-0.3, -0.25) is 9.69 Å². The number of hydrogen-bond acceptors (Lipinski definition) is 4. The number of urea groups is 1. The Morgan fingerprint density at radius 1 is 1.12 bits per heavy atom. The van der Waals surface area contributed by atoms with E-state index >= 15 is 0 Å². The van der Waals surface area contributed by atoms with E-state index in [1.165, 1.54) is 0 Å². The van der Waals surface area contributed by atoms with Crippen molar-refractivity contribution in [2.45, 2.75) is 31.1 Å². The Bertz CT molecular complexity index is 1060. The van der Waals surface area contributed by atoms with E-state index in [1.807, 2.05) is 37.3 Å². The number of amides is 3. The number of nitrogens with zero attached hydrogens (tertiary/aromatic N) is 1. The fourth-order valence-electron chi connectivity index (χ4n) is 3.67. The normalized spacial score (nSPS) is 16.0. The summed E-state index contributed by atoms with van der Waals surface area (Å²) in [5.74, 6) is -1.11. The number of hydrogen-bond donors (Lipinski definition) is 2. The molecule has 3 amide bonds. The Labute approximate surface area is 202 Å². The zero-order valence-electron chi connectivity index (χ0n) is 18.3. The molecule has 2 aromatic carbocycles. The number of nitrogens with one attached hydrogen (secondary N) is 2. The van der Waals surface area contributed by atoms with Crippen LogP contribution in [-0.4, -0.2) is 40.8 Å². The zero-order chi connectivity index (χ0) is 24.0. The summed E-state index contributed by atoms with van der Waals surface area (Å²) < 4.78 is 5.39. The molecular weight excluding hydrogens is 465 g/mol. The van der Waals surface area contributed by atoms with Gasteiger partial charge in [0.25, 0.3) is 5.91 Å². The molecule has 0 saturated carbocycles. The van der Waals surface area contributed by atoms with E-state index in [1.54, 1.807) is 36.1 Å². The van der Waals surface area contributed by atoms with Crippen LogP contribution in [0, 0.1) is 0 Å². The van der Waals surface area contributed by atoms with Crippen LogP contribution in [0.15, 0.2) is 60.2 Å². The van der Waals surface area contributed by atoms with Gasteiger partial charge in [0.1, 0.15) is 0 Å². The molecule has 1 atom stereocenters. The summed E-state index contributed by atoms with van der Waals surface area (Å²) in [4.78, 5) is 38.6. The molecule has 1 heterocycles. The second-order valence-corrected chi connectivity index (χ2v) is 8.39. The van der Waals surface area contributed by atoms with Crippen molar-refractivity contribution in [2.24, 2.45) is 0 Å². The maximum Gasteiger partial charge on any atom is 0.338 e. The maximum absolute atomic E-state index is 13.2. The van der Waals surface area contributed by atoms with Gasteiger partial charge in [0, 0.05) is 12.2 Å². The SMILES string of the molecule is CCCN1C(=O)N[C@H](c2cccc(NC(=O)C(Cl)Cl)c2)C(C(=O)OCC)=C1c1ccccc1. The van der Waals surface area contributed by atoms with Gasteiger partial charge >= 0.3 is 12.0 Å². The minimum absolute atomic E-state index is 0.182. The number of carbonyl (C=O) groups is 3. The molecule has 0 fully saturated rings. The van der Waals surface area contributed by atoms with Gasteiger partial charge in [-0.2, -0.15) is 0 Å². The third kappa shape index (κ3) is 5.67.